The van der Waals surface area contributed by atoms with E-state index in [1.165, 1.54) is 51.6 Å². The van der Waals surface area contributed by atoms with E-state index in [1.807, 2.05) is 31.2 Å². The molecule has 20 rings (SSSR count). The number of fused-ring (bicyclic) bond motifs is 18. The van der Waals surface area contributed by atoms with Crippen molar-refractivity contribution < 1.29 is 43.4 Å². The third kappa shape index (κ3) is 15.3. The van der Waals surface area contributed by atoms with Crippen LogP contribution in [0.1, 0.15) is 158 Å². The molecule has 610 valence electrons. The second kappa shape index (κ2) is 31.7. The lowest BCUT2D eigenvalue weighted by atomic mass is 10.00. The van der Waals surface area contributed by atoms with Crippen LogP contribution in [0.5, 0.6) is 5.75 Å². The van der Waals surface area contributed by atoms with Crippen LogP contribution in [-0.4, -0.2) is 13.9 Å². The molecule has 0 fully saturated rings. The van der Waals surface area contributed by atoms with Crippen molar-refractivity contribution in [2.24, 2.45) is 0 Å². The van der Waals surface area contributed by atoms with E-state index in [-0.39, 0.29) is 0 Å². The van der Waals surface area contributed by atoms with Crippen molar-refractivity contribution in [2.75, 3.05) is 15.1 Å². The fraction of sp³-hybridized carbons (Fsp3) is 0.185. The monoisotopic (exact) mass is 1630 g/mol. The van der Waals surface area contributed by atoms with Crippen molar-refractivity contribution in [1.82, 2.24) is 0 Å². The van der Waals surface area contributed by atoms with Gasteiger partial charge in [0.25, 0.3) is 0 Å². The summed E-state index contributed by atoms with van der Waals surface area (Å²) in [4.78, 5) is 4.74. The van der Waals surface area contributed by atoms with Gasteiger partial charge in [0.1, 0.15) is 28.1 Å². The van der Waals surface area contributed by atoms with Gasteiger partial charge in [-0.25, -0.2) is 0 Å². The second-order valence-electron chi connectivity index (χ2n) is 34.2. The van der Waals surface area contributed by atoms with E-state index < -0.39 is 21.4 Å². The predicted molar refractivity (Wildman–Crippen MR) is 502 cm³/mol. The van der Waals surface area contributed by atoms with Crippen LogP contribution in [0.3, 0.4) is 0 Å². The lowest BCUT2D eigenvalue weighted by Gasteiger charge is -2.27. The average molecular weight is 1640 g/mol. The van der Waals surface area contributed by atoms with Gasteiger partial charge < -0.3 is 37.0 Å². The summed E-state index contributed by atoms with van der Waals surface area (Å²) in [6, 6.07) is 102. The molecule has 20 aromatic rings. The predicted octanol–water partition coefficient (Wildman–Crippen LogP) is 33.2. The number of hydrogen-bond donors (Lipinski definition) is 1. The van der Waals surface area contributed by atoms with Gasteiger partial charge in [-0.1, -0.05) is 198 Å². The molecule has 0 radical (unpaired) electrons. The summed E-state index contributed by atoms with van der Waals surface area (Å²) in [5, 5.41) is 19.1. The Labute approximate surface area is 707 Å². The summed E-state index contributed by atoms with van der Waals surface area (Å²) in [5.41, 5.74) is 18.3. The first kappa shape index (κ1) is 79.8. The third-order valence-electron chi connectivity index (χ3n) is 23.7. The number of benzene rings is 16. The summed E-state index contributed by atoms with van der Waals surface area (Å²) in [6.07, 6.45) is 0. The van der Waals surface area contributed by atoms with Gasteiger partial charge in [-0.15, -0.1) is 0 Å². The van der Waals surface area contributed by atoms with Crippen LogP contribution in [0.15, 0.2) is 309 Å². The number of halogens is 3. The number of rotatable bonds is 16. The number of aryl methyl sites for hydroxylation is 1. The van der Waals surface area contributed by atoms with Gasteiger partial charge in [0.05, 0.1) is 0 Å². The molecule has 0 atom stereocenters. The Bertz CT molecular complexity index is 7320. The third-order valence-corrected chi connectivity index (χ3v) is 24.7. The Morgan fingerprint density at radius 3 is 0.984 bits per heavy atom. The van der Waals surface area contributed by atoms with Crippen molar-refractivity contribution in [3.05, 3.63) is 330 Å². The van der Waals surface area contributed by atoms with Crippen LogP contribution in [0.25, 0.3) is 131 Å². The van der Waals surface area contributed by atoms with Crippen molar-refractivity contribution in [2.45, 2.75) is 131 Å². The second-order valence-corrected chi connectivity index (χ2v) is 35.7. The highest BCUT2D eigenvalue weighted by atomic mass is 32.2. The lowest BCUT2D eigenvalue weighted by Crippen LogP contribution is -2.28. The number of hydrogen-bond acceptors (Lipinski definition) is 10. The molecule has 0 spiro atoms. The zero-order valence-electron chi connectivity index (χ0n) is 70.5. The first-order valence-corrected chi connectivity index (χ1v) is 43.3. The van der Waals surface area contributed by atoms with Crippen molar-refractivity contribution in [3.8, 4) is 5.75 Å². The summed E-state index contributed by atoms with van der Waals surface area (Å²) < 4.78 is 91.4. The van der Waals surface area contributed by atoms with Crippen LogP contribution < -0.4 is 19.3 Å². The van der Waals surface area contributed by atoms with E-state index in [4.69, 9.17) is 17.7 Å². The van der Waals surface area contributed by atoms with Gasteiger partial charge in [0, 0.05) is 88.6 Å². The highest BCUT2D eigenvalue weighted by Crippen LogP contribution is 2.47. The molecule has 0 unspecified atom stereocenters. The maximum absolute atomic E-state index is 12.7. The molecule has 0 aliphatic carbocycles. The summed E-state index contributed by atoms with van der Waals surface area (Å²) in [7, 11) is -5.77. The average Bonchev–Trinajstić information content (AvgIpc) is 1.57. The first-order valence-electron chi connectivity index (χ1n) is 41.9. The Balaban J connectivity index is 0.000000151. The highest BCUT2D eigenvalue weighted by Gasteiger charge is 2.48. The van der Waals surface area contributed by atoms with Gasteiger partial charge in [-0.2, -0.15) is 21.6 Å². The molecule has 0 saturated carbocycles. The molecular weight excluding hydrogens is 1540 g/mol. The van der Waals surface area contributed by atoms with Crippen molar-refractivity contribution in [3.63, 3.8) is 0 Å². The number of alkyl halides is 3. The maximum Gasteiger partial charge on any atom is 0.534 e. The SMILES string of the molecule is CC(C)c1ccc(N(c2cccc(C(C)C)c2)c2ccc3cc4c(cc3c2)oc2c4ccc3c4cc5ccc(N(c6ccc(C(C)C)cc6)c6cccc(C(C)C)c6)cc5cc4oc32)cc1.CC(C)c1ccc(Nc2cccc(C(C)C)c2)cc1.Cc1ccc2cc3c(cc2c1)oc1c3ccc2c3cc4ccc(OS(=O)(=O)C(F)(F)F)cc4cc3oc21. The van der Waals surface area contributed by atoms with E-state index in [0.717, 1.165) is 154 Å². The minimum absolute atomic E-state index is 0.422. The zero-order valence-corrected chi connectivity index (χ0v) is 71.3. The Kier molecular flexibility index (Phi) is 20.7. The Hall–Kier alpha value is -13.3. The Morgan fingerprint density at radius 1 is 0.287 bits per heavy atom. The summed E-state index contributed by atoms with van der Waals surface area (Å²) in [6.45, 7) is 28.9. The van der Waals surface area contributed by atoms with Crippen LogP contribution in [0.2, 0.25) is 0 Å². The van der Waals surface area contributed by atoms with Gasteiger partial charge in [0.2, 0.25) is 0 Å². The molecule has 0 bridgehead atoms. The Morgan fingerprint density at radius 2 is 0.607 bits per heavy atom. The molecule has 0 amide bonds. The molecule has 0 aliphatic rings. The molecule has 10 nitrogen and oxygen atoms in total. The topological polar surface area (TPSA) is 114 Å². The van der Waals surface area contributed by atoms with Gasteiger partial charge in [-0.3, -0.25) is 0 Å². The van der Waals surface area contributed by atoms with E-state index in [0.29, 0.717) is 63.0 Å². The number of nitrogens with one attached hydrogen (secondary N) is 1. The minimum atomic E-state index is -5.77. The molecule has 4 aromatic heterocycles. The summed E-state index contributed by atoms with van der Waals surface area (Å²) >= 11 is 0. The molecule has 0 saturated heterocycles. The molecular formula is C108H94F3N3O7S. The molecule has 16 aromatic carbocycles. The zero-order chi connectivity index (χ0) is 84.9. The number of anilines is 8. The standard InChI is InChI=1S/C62H56N2O2.C28H15F3O5S.C18H23N/c1-37(2)41-15-21-49(22-16-41)63(51-13-9-11-43(29-51)39(5)6)53-25-19-45-33-57-55-27-28-56-58-34-46-20-26-54(32-48(46)36-60(58)66-62(56)61(55)65-59(57)35-47(45)31-53)64(50-23-17-42(18-24-50)38(3)4)52-14-10-12-44(30-52)40(7)8;1-14-2-3-15-10-22-20-6-7-21-23-11-16-4-5-19(36-37(32,33)28(29,30)31)9-18(16)13-25(23)35-27(21)26(20)34-24(22)12-17(15)8-14;1-13(2)15-8-10-17(11-9-15)19-18-7-5-6-16(12-18)14(3)4/h9-40H,1-8H3;2-13H,1H3;5-14,19H,1-4H3. The molecule has 4 heterocycles. The van der Waals surface area contributed by atoms with Crippen LogP contribution in [0.4, 0.5) is 58.7 Å². The lowest BCUT2D eigenvalue weighted by molar-refractivity contribution is -0.0500. The van der Waals surface area contributed by atoms with Crippen LogP contribution in [-0.2, 0) is 10.1 Å². The van der Waals surface area contributed by atoms with Gasteiger partial charge >= 0.3 is 15.6 Å². The van der Waals surface area contributed by atoms with Gasteiger partial charge in [0.15, 0.2) is 22.3 Å². The number of nitrogens with zero attached hydrogens (tertiary/aromatic N) is 2. The van der Waals surface area contributed by atoms with Crippen molar-refractivity contribution >= 4 is 186 Å². The fourth-order valence-electron chi connectivity index (χ4n) is 16.7. The van der Waals surface area contributed by atoms with E-state index in [2.05, 4.69) is 345 Å². The largest absolute Gasteiger partial charge is 0.534 e. The molecule has 14 heteroatoms. The highest BCUT2D eigenvalue weighted by molar-refractivity contribution is 7.88. The van der Waals surface area contributed by atoms with E-state index >= 15 is 0 Å². The quantitative estimate of drug-likeness (QED) is 0.0741. The van der Waals surface area contributed by atoms with Gasteiger partial charge in [-0.05, 0) is 301 Å². The van der Waals surface area contributed by atoms with Crippen molar-refractivity contribution in [1.29, 1.82) is 0 Å². The fourth-order valence-corrected chi connectivity index (χ4v) is 17.2. The van der Waals surface area contributed by atoms with E-state index in [1.54, 1.807) is 6.07 Å². The molecule has 122 heavy (non-hydrogen) atoms. The smallest absolute Gasteiger partial charge is 0.452 e. The maximum atomic E-state index is 12.7. The normalized spacial score (nSPS) is 12.3. The molecule has 0 aliphatic heterocycles. The number of furan rings is 4. The minimum Gasteiger partial charge on any atom is -0.452 e. The van der Waals surface area contributed by atoms with Crippen LogP contribution in [0, 0.1) is 6.92 Å². The van der Waals surface area contributed by atoms with E-state index in [9.17, 15) is 21.6 Å². The first-order chi connectivity index (χ1) is 58.6. The van der Waals surface area contributed by atoms with Crippen LogP contribution >= 0.6 is 0 Å². The summed E-state index contributed by atoms with van der Waals surface area (Å²) in [5.74, 6) is 2.47. The molecule has 1 N–H and O–H groups in total.